The second kappa shape index (κ2) is 10.3. The van der Waals surface area contributed by atoms with Crippen LogP contribution in [0.5, 0.6) is 11.6 Å². The van der Waals surface area contributed by atoms with Crippen LogP contribution in [-0.4, -0.2) is 38.0 Å². The SMILES string of the molecule is COc1cc(NS(=O)(=O)c2ccc(NC(=O)COc3c(Cl)cc(Cl)cc3Br)cc2)ncn1. The number of anilines is 2. The van der Waals surface area contributed by atoms with Crippen molar-refractivity contribution in [2.24, 2.45) is 0 Å². The zero-order chi connectivity index (χ0) is 23.3. The normalized spacial score (nSPS) is 11.0. The Kier molecular flexibility index (Phi) is 7.77. The molecule has 0 aliphatic rings. The zero-order valence-corrected chi connectivity index (χ0v) is 20.2. The lowest BCUT2D eigenvalue weighted by molar-refractivity contribution is -0.118. The second-order valence-corrected chi connectivity index (χ2v) is 9.49. The maximum absolute atomic E-state index is 12.5. The number of methoxy groups -OCH3 is 1. The third kappa shape index (κ3) is 6.22. The van der Waals surface area contributed by atoms with E-state index in [-0.39, 0.29) is 34.0 Å². The second-order valence-electron chi connectivity index (χ2n) is 6.11. The Labute approximate surface area is 202 Å². The van der Waals surface area contributed by atoms with Gasteiger partial charge in [0.1, 0.15) is 12.1 Å². The quantitative estimate of drug-likeness (QED) is 0.419. The minimum absolute atomic E-state index is 0.0267. The molecule has 13 heteroatoms. The van der Waals surface area contributed by atoms with Crippen LogP contribution in [0.1, 0.15) is 0 Å². The van der Waals surface area contributed by atoms with Crippen LogP contribution in [0, 0.1) is 0 Å². The van der Waals surface area contributed by atoms with E-state index in [1.54, 1.807) is 6.07 Å². The number of sulfonamides is 1. The molecule has 2 aromatic carbocycles. The number of rotatable bonds is 8. The first-order valence-electron chi connectivity index (χ1n) is 8.74. The van der Waals surface area contributed by atoms with Crippen molar-refractivity contribution in [1.29, 1.82) is 0 Å². The van der Waals surface area contributed by atoms with Crippen molar-refractivity contribution in [3.8, 4) is 11.6 Å². The van der Waals surface area contributed by atoms with Crippen LogP contribution in [-0.2, 0) is 14.8 Å². The van der Waals surface area contributed by atoms with Gasteiger partial charge in [0.2, 0.25) is 5.88 Å². The van der Waals surface area contributed by atoms with Gasteiger partial charge in [-0.2, -0.15) is 0 Å². The van der Waals surface area contributed by atoms with Gasteiger partial charge in [-0.1, -0.05) is 23.2 Å². The lowest BCUT2D eigenvalue weighted by Gasteiger charge is -2.11. The highest BCUT2D eigenvalue weighted by molar-refractivity contribution is 9.10. The number of halogens is 3. The van der Waals surface area contributed by atoms with Crippen molar-refractivity contribution in [3.63, 3.8) is 0 Å². The van der Waals surface area contributed by atoms with E-state index in [9.17, 15) is 13.2 Å². The number of carbonyl (C=O) groups excluding carboxylic acids is 1. The molecule has 32 heavy (non-hydrogen) atoms. The number of nitrogens with one attached hydrogen (secondary N) is 2. The Bertz CT molecular complexity index is 1220. The van der Waals surface area contributed by atoms with Crippen LogP contribution in [0.3, 0.4) is 0 Å². The van der Waals surface area contributed by atoms with Gasteiger partial charge in [-0.15, -0.1) is 0 Å². The molecule has 2 N–H and O–H groups in total. The minimum Gasteiger partial charge on any atom is -0.481 e. The number of aromatic nitrogens is 2. The Morgan fingerprint density at radius 3 is 2.50 bits per heavy atom. The van der Waals surface area contributed by atoms with E-state index in [2.05, 4.69) is 35.9 Å². The van der Waals surface area contributed by atoms with E-state index in [0.29, 0.717) is 15.2 Å². The smallest absolute Gasteiger partial charge is 0.263 e. The molecule has 0 aliphatic heterocycles. The summed E-state index contributed by atoms with van der Waals surface area (Å²) < 4.78 is 38.3. The first-order chi connectivity index (χ1) is 15.2. The number of ether oxygens (including phenoxy) is 2. The Morgan fingerprint density at radius 2 is 1.84 bits per heavy atom. The van der Waals surface area contributed by atoms with Crippen LogP contribution in [0.2, 0.25) is 10.0 Å². The lowest BCUT2D eigenvalue weighted by atomic mass is 10.3. The van der Waals surface area contributed by atoms with E-state index in [4.69, 9.17) is 32.7 Å². The molecule has 168 valence electrons. The molecule has 3 aromatic rings. The van der Waals surface area contributed by atoms with Crippen molar-refractivity contribution in [1.82, 2.24) is 9.97 Å². The van der Waals surface area contributed by atoms with Crippen molar-refractivity contribution in [2.45, 2.75) is 4.90 Å². The van der Waals surface area contributed by atoms with Gasteiger partial charge in [0.25, 0.3) is 15.9 Å². The van der Waals surface area contributed by atoms with Gasteiger partial charge in [0.15, 0.2) is 12.4 Å². The highest BCUT2D eigenvalue weighted by Gasteiger charge is 2.16. The maximum atomic E-state index is 12.5. The zero-order valence-electron chi connectivity index (χ0n) is 16.3. The summed E-state index contributed by atoms with van der Waals surface area (Å²) in [6, 6.07) is 9.99. The molecular formula is C19H15BrCl2N4O5S. The molecule has 0 fully saturated rings. The predicted octanol–water partition coefficient (Wildman–Crippen LogP) is 4.37. The molecule has 3 rings (SSSR count). The van der Waals surface area contributed by atoms with Gasteiger partial charge in [0.05, 0.1) is 21.5 Å². The van der Waals surface area contributed by atoms with Gasteiger partial charge in [0, 0.05) is 16.8 Å². The van der Waals surface area contributed by atoms with Crippen LogP contribution in [0.25, 0.3) is 0 Å². The minimum atomic E-state index is -3.91. The third-order valence-electron chi connectivity index (χ3n) is 3.85. The lowest BCUT2D eigenvalue weighted by Crippen LogP contribution is -2.20. The molecule has 0 atom stereocenters. The van der Waals surface area contributed by atoms with Crippen molar-refractivity contribution in [3.05, 3.63) is 63.3 Å². The average molecular weight is 562 g/mol. The van der Waals surface area contributed by atoms with E-state index in [1.165, 1.54) is 49.8 Å². The third-order valence-corrected chi connectivity index (χ3v) is 6.31. The van der Waals surface area contributed by atoms with Gasteiger partial charge in [-0.05, 0) is 52.3 Å². The molecule has 9 nitrogen and oxygen atoms in total. The topological polar surface area (TPSA) is 120 Å². The molecule has 0 radical (unpaired) electrons. The first-order valence-corrected chi connectivity index (χ1v) is 11.8. The molecule has 0 bridgehead atoms. The van der Waals surface area contributed by atoms with E-state index in [0.717, 1.165) is 0 Å². The van der Waals surface area contributed by atoms with Crippen LogP contribution in [0.15, 0.2) is 58.2 Å². The van der Waals surface area contributed by atoms with Gasteiger partial charge in [-0.25, -0.2) is 18.4 Å². The fourth-order valence-electron chi connectivity index (χ4n) is 2.42. The van der Waals surface area contributed by atoms with Gasteiger partial charge < -0.3 is 14.8 Å². The van der Waals surface area contributed by atoms with Gasteiger partial charge in [-0.3, -0.25) is 9.52 Å². The largest absolute Gasteiger partial charge is 0.481 e. The summed E-state index contributed by atoms with van der Waals surface area (Å²) >= 11 is 15.2. The van der Waals surface area contributed by atoms with E-state index < -0.39 is 15.9 Å². The highest BCUT2D eigenvalue weighted by Crippen LogP contribution is 2.36. The van der Waals surface area contributed by atoms with E-state index >= 15 is 0 Å². The first kappa shape index (κ1) is 24.1. The fourth-order valence-corrected chi connectivity index (χ4v) is 4.79. The number of carbonyl (C=O) groups is 1. The molecule has 1 heterocycles. The summed E-state index contributed by atoms with van der Waals surface area (Å²) in [5.41, 5.74) is 0.377. The number of hydrogen-bond donors (Lipinski definition) is 2. The molecule has 0 saturated heterocycles. The number of nitrogens with zero attached hydrogens (tertiary/aromatic N) is 2. The maximum Gasteiger partial charge on any atom is 0.263 e. The summed E-state index contributed by atoms with van der Waals surface area (Å²) in [4.78, 5) is 19.8. The summed E-state index contributed by atoms with van der Waals surface area (Å²) in [5, 5.41) is 3.27. The number of amides is 1. The molecule has 0 spiro atoms. The Balaban J connectivity index is 1.62. The van der Waals surface area contributed by atoms with Crippen molar-refractivity contribution < 1.29 is 22.7 Å². The highest BCUT2D eigenvalue weighted by atomic mass is 79.9. The predicted molar refractivity (Wildman–Crippen MR) is 124 cm³/mol. The molecule has 1 amide bonds. The summed E-state index contributed by atoms with van der Waals surface area (Å²) in [5.74, 6) is 0.0770. The molecule has 0 unspecified atom stereocenters. The molecule has 0 saturated carbocycles. The van der Waals surface area contributed by atoms with Crippen LogP contribution in [0.4, 0.5) is 11.5 Å². The van der Waals surface area contributed by atoms with Crippen LogP contribution >= 0.6 is 39.1 Å². The Hall–Kier alpha value is -2.60. The summed E-state index contributed by atoms with van der Waals surface area (Å²) in [6.45, 7) is -0.322. The van der Waals surface area contributed by atoms with Gasteiger partial charge >= 0.3 is 0 Å². The van der Waals surface area contributed by atoms with E-state index in [1.807, 2.05) is 0 Å². The van der Waals surface area contributed by atoms with Crippen molar-refractivity contribution >= 4 is 66.6 Å². The number of benzene rings is 2. The monoisotopic (exact) mass is 560 g/mol. The standard InChI is InChI=1S/C19H15BrCl2N4O5S/c1-30-18-8-16(23-10-24-18)26-32(28,29)13-4-2-12(3-5-13)25-17(27)9-31-19-14(20)6-11(21)7-15(19)22/h2-8,10H,9H2,1H3,(H,25,27)(H,23,24,26). The fraction of sp³-hybridized carbons (Fsp3) is 0.105. The van der Waals surface area contributed by atoms with Crippen molar-refractivity contribution in [2.75, 3.05) is 23.8 Å². The summed E-state index contributed by atoms with van der Waals surface area (Å²) in [6.07, 6.45) is 1.17. The average Bonchev–Trinajstić information content (AvgIpc) is 2.73. The molecule has 0 aliphatic carbocycles. The number of hydrogen-bond acceptors (Lipinski definition) is 7. The molecular weight excluding hydrogens is 547 g/mol. The van der Waals surface area contributed by atoms with Crippen LogP contribution < -0.4 is 19.5 Å². The summed E-state index contributed by atoms with van der Waals surface area (Å²) in [7, 11) is -2.50. The Morgan fingerprint density at radius 1 is 1.12 bits per heavy atom. The molecule has 1 aromatic heterocycles.